The topological polar surface area (TPSA) is 12.0 Å². The minimum atomic E-state index is 1.07. The van der Waals surface area contributed by atoms with E-state index in [1.807, 2.05) is 18.2 Å². The van der Waals surface area contributed by atoms with E-state index >= 15 is 0 Å². The Morgan fingerprint density at radius 1 is 0.769 bits per heavy atom. The van der Waals surface area contributed by atoms with E-state index in [0.717, 1.165) is 11.4 Å². The van der Waals surface area contributed by atoms with Crippen LogP contribution in [-0.2, 0) is 0 Å². The van der Waals surface area contributed by atoms with E-state index in [0.29, 0.717) is 0 Å². The summed E-state index contributed by atoms with van der Waals surface area (Å²) in [7, 11) is 0. The predicted octanol–water partition coefficient (Wildman–Crippen LogP) is 12.5. The lowest BCUT2D eigenvalue weighted by atomic mass is 10.0. The van der Waals surface area contributed by atoms with Crippen LogP contribution < -0.4 is 5.32 Å². The van der Waals surface area contributed by atoms with Gasteiger partial charge in [0.1, 0.15) is 0 Å². The van der Waals surface area contributed by atoms with Gasteiger partial charge in [-0.15, -0.1) is 24.5 Å². The smallest absolute Gasteiger partial charge is 0.0426 e. The van der Waals surface area contributed by atoms with Gasteiger partial charge in [-0.1, -0.05) is 125 Å². The fraction of sp³-hybridized carbons (Fsp3) is 0.135. The number of rotatable bonds is 7. The van der Waals surface area contributed by atoms with Crippen molar-refractivity contribution in [2.45, 2.75) is 34.1 Å². The van der Waals surface area contributed by atoms with Crippen molar-refractivity contribution in [1.29, 1.82) is 0 Å². The van der Waals surface area contributed by atoms with Crippen molar-refractivity contribution in [3.63, 3.8) is 0 Å². The van der Waals surface area contributed by atoms with Gasteiger partial charge in [0.25, 0.3) is 0 Å². The lowest BCUT2D eigenvalue weighted by Crippen LogP contribution is -1.89. The second-order valence-electron chi connectivity index (χ2n) is 8.62. The van der Waals surface area contributed by atoms with Crippen LogP contribution in [0.25, 0.3) is 32.9 Å². The molecular weight excluding hydrogens is 490 g/mol. The first-order valence-electron chi connectivity index (χ1n) is 13.1. The summed E-state index contributed by atoms with van der Waals surface area (Å²) in [6, 6.07) is 25.5. The summed E-state index contributed by atoms with van der Waals surface area (Å²) in [5, 5.41) is 4.77. The molecule has 0 spiro atoms. The molecule has 1 N–H and O–H groups in total. The van der Waals surface area contributed by atoms with Gasteiger partial charge in [-0.25, -0.2) is 0 Å². The molecule has 1 heterocycles. The van der Waals surface area contributed by atoms with E-state index in [4.69, 9.17) is 0 Å². The van der Waals surface area contributed by atoms with Gasteiger partial charge in [-0.05, 0) is 54.8 Å². The molecule has 0 atom stereocenters. The van der Waals surface area contributed by atoms with Gasteiger partial charge in [-0.3, -0.25) is 0 Å². The second kappa shape index (κ2) is 18.2. The van der Waals surface area contributed by atoms with Crippen LogP contribution in [0.2, 0.25) is 0 Å². The summed E-state index contributed by atoms with van der Waals surface area (Å²) in [6.45, 7) is 29.3. The lowest BCUT2D eigenvalue weighted by Gasteiger charge is -2.08. The minimum absolute atomic E-state index is 1.07. The zero-order chi connectivity index (χ0) is 29.2. The van der Waals surface area contributed by atoms with Gasteiger partial charge in [0.15, 0.2) is 0 Å². The molecule has 0 saturated heterocycles. The van der Waals surface area contributed by atoms with Crippen LogP contribution in [0.5, 0.6) is 0 Å². The molecular formula is C37H43NS. The Balaban J connectivity index is 0.000000748. The highest BCUT2D eigenvalue weighted by Gasteiger charge is 2.13. The van der Waals surface area contributed by atoms with Gasteiger partial charge in [-0.2, -0.15) is 0 Å². The Morgan fingerprint density at radius 2 is 1.31 bits per heavy atom. The van der Waals surface area contributed by atoms with Crippen molar-refractivity contribution in [3.8, 4) is 11.1 Å². The van der Waals surface area contributed by atoms with Crippen LogP contribution in [0.3, 0.4) is 0 Å². The molecule has 0 fully saturated rings. The first-order valence-corrected chi connectivity index (χ1v) is 13.9. The predicted molar refractivity (Wildman–Crippen MR) is 183 cm³/mol. The maximum Gasteiger partial charge on any atom is 0.0426 e. The lowest BCUT2D eigenvalue weighted by molar-refractivity contribution is 1.09. The third kappa shape index (κ3) is 9.59. The van der Waals surface area contributed by atoms with Gasteiger partial charge in [0, 0.05) is 31.9 Å². The Kier molecular flexibility index (Phi) is 15.3. The van der Waals surface area contributed by atoms with Gasteiger partial charge < -0.3 is 5.32 Å². The summed E-state index contributed by atoms with van der Waals surface area (Å²) >= 11 is 1.79. The average Bonchev–Trinajstić information content (AvgIpc) is 3.33. The quantitative estimate of drug-likeness (QED) is 0.184. The highest BCUT2D eigenvalue weighted by atomic mass is 32.1. The van der Waals surface area contributed by atoms with Crippen LogP contribution in [0.4, 0.5) is 11.4 Å². The largest absolute Gasteiger partial charge is 0.355 e. The van der Waals surface area contributed by atoms with E-state index in [1.54, 1.807) is 23.5 Å². The monoisotopic (exact) mass is 533 g/mol. The molecule has 3 aromatic carbocycles. The number of benzene rings is 3. The molecule has 0 unspecified atom stereocenters. The Bertz CT molecular complexity index is 1360. The molecule has 1 aromatic heterocycles. The van der Waals surface area contributed by atoms with Crippen LogP contribution >= 0.6 is 11.3 Å². The molecule has 2 heteroatoms. The molecule has 0 aliphatic carbocycles. The number of nitrogens with one attached hydrogen (secondary N) is 1. The maximum absolute atomic E-state index is 4.05. The third-order valence-corrected chi connectivity index (χ3v) is 6.57. The Labute approximate surface area is 241 Å². The fourth-order valence-corrected chi connectivity index (χ4v) is 5.06. The second-order valence-corrected chi connectivity index (χ2v) is 9.68. The summed E-state index contributed by atoms with van der Waals surface area (Å²) in [5.41, 5.74) is 8.24. The molecule has 0 amide bonds. The SMILES string of the molecule is C=C.C=CC(=C(C)C)c1sc2cc(Nc3ccc(-c4ccccc4)cc3)ccc2c1C=C.C=CC=C.CCC. The number of hydrogen-bond acceptors (Lipinski definition) is 2. The molecule has 0 aliphatic rings. The van der Waals surface area contributed by atoms with Crippen molar-refractivity contribution < 1.29 is 0 Å². The number of anilines is 2. The normalized spacial score (nSPS) is 9.23. The first-order chi connectivity index (χ1) is 18.9. The molecule has 0 bridgehead atoms. The van der Waals surface area contributed by atoms with Crippen molar-refractivity contribution in [3.05, 3.63) is 147 Å². The van der Waals surface area contributed by atoms with Crippen molar-refractivity contribution >= 4 is 44.4 Å². The highest BCUT2D eigenvalue weighted by molar-refractivity contribution is 7.20. The number of hydrogen-bond donors (Lipinski definition) is 1. The molecule has 4 aromatic rings. The zero-order valence-corrected chi connectivity index (χ0v) is 24.9. The number of allylic oxidation sites excluding steroid dienone is 5. The summed E-state index contributed by atoms with van der Waals surface area (Å²) < 4.78 is 1.24. The average molecular weight is 534 g/mol. The van der Waals surface area contributed by atoms with Crippen LogP contribution in [-0.4, -0.2) is 0 Å². The van der Waals surface area contributed by atoms with Gasteiger partial charge in [0.05, 0.1) is 0 Å². The number of thiophene rings is 1. The van der Waals surface area contributed by atoms with E-state index in [9.17, 15) is 0 Å². The molecule has 0 saturated carbocycles. The molecule has 202 valence electrons. The molecule has 0 aliphatic heterocycles. The van der Waals surface area contributed by atoms with E-state index in [2.05, 4.69) is 139 Å². The van der Waals surface area contributed by atoms with Crippen LogP contribution in [0, 0.1) is 0 Å². The maximum atomic E-state index is 4.05. The molecule has 1 nitrogen and oxygen atoms in total. The molecule has 4 rings (SSSR count). The Morgan fingerprint density at radius 3 is 1.79 bits per heavy atom. The summed E-state index contributed by atoms with van der Waals surface area (Å²) in [4.78, 5) is 1.24. The molecule has 0 radical (unpaired) electrons. The fourth-order valence-electron chi connectivity index (χ4n) is 3.66. The van der Waals surface area contributed by atoms with Gasteiger partial charge in [0.2, 0.25) is 0 Å². The van der Waals surface area contributed by atoms with Crippen LogP contribution in [0.1, 0.15) is 44.6 Å². The summed E-state index contributed by atoms with van der Waals surface area (Å²) in [5.74, 6) is 0. The Hall–Kier alpha value is -4.14. The standard InChI is InChI=1S/C28H25NS.C4H6.C3H8.C2H4/c1-5-24(19(3)4)28-25(6-2)26-17-16-23(18-27(26)30-28)29-22-14-12-21(13-15-22)20-10-8-7-9-11-20;1-3-4-2;1-3-2;1-2/h5-18,29H,1-2H2,3-4H3;3-4H,1-2H2;3H2,1-2H3;1-2H2. The zero-order valence-electron chi connectivity index (χ0n) is 24.1. The van der Waals surface area contributed by atoms with Crippen molar-refractivity contribution in [2.75, 3.05) is 5.32 Å². The van der Waals surface area contributed by atoms with Crippen molar-refractivity contribution in [2.24, 2.45) is 0 Å². The number of fused-ring (bicyclic) bond motifs is 1. The minimum Gasteiger partial charge on any atom is -0.355 e. The molecule has 39 heavy (non-hydrogen) atoms. The highest BCUT2D eigenvalue weighted by Crippen LogP contribution is 2.39. The van der Waals surface area contributed by atoms with E-state index in [-0.39, 0.29) is 0 Å². The van der Waals surface area contributed by atoms with E-state index in [1.165, 1.54) is 49.2 Å². The third-order valence-electron chi connectivity index (χ3n) is 5.37. The van der Waals surface area contributed by atoms with E-state index < -0.39 is 0 Å². The summed E-state index contributed by atoms with van der Waals surface area (Å²) in [6.07, 6.45) is 8.43. The van der Waals surface area contributed by atoms with Gasteiger partial charge >= 0.3 is 0 Å². The van der Waals surface area contributed by atoms with Crippen LogP contribution in [0.15, 0.2) is 136 Å². The first kappa shape index (κ1) is 32.9. The van der Waals surface area contributed by atoms with Crippen molar-refractivity contribution in [1.82, 2.24) is 0 Å².